The maximum absolute atomic E-state index is 13.4. The molecule has 4 fully saturated rings. The zero-order valence-electron chi connectivity index (χ0n) is 23.6. The van der Waals surface area contributed by atoms with Gasteiger partial charge in [-0.05, 0) is 114 Å². The van der Waals surface area contributed by atoms with Gasteiger partial charge < -0.3 is 20.1 Å². The smallest absolute Gasteiger partial charge is 0.136 e. The van der Waals surface area contributed by atoms with Crippen LogP contribution in [-0.4, -0.2) is 50.1 Å². The van der Waals surface area contributed by atoms with Gasteiger partial charge in [-0.25, -0.2) is 0 Å². The first kappa shape index (κ1) is 27.5. The van der Waals surface area contributed by atoms with Gasteiger partial charge in [-0.3, -0.25) is 4.79 Å². The van der Waals surface area contributed by atoms with Crippen LogP contribution in [0.3, 0.4) is 0 Å². The number of carbonyl (C=O) groups excluding carboxylic acids is 1. The van der Waals surface area contributed by atoms with E-state index < -0.39 is 22.9 Å². The molecule has 10 atom stereocenters. The lowest BCUT2D eigenvalue weighted by atomic mass is 9.55. The van der Waals surface area contributed by atoms with Crippen LogP contribution in [0.25, 0.3) is 0 Å². The van der Waals surface area contributed by atoms with Gasteiger partial charge in [0, 0.05) is 12.3 Å². The molecule has 3 N–H and O–H groups in total. The Bertz CT molecular complexity index is 814. The number of hydrogen-bond acceptors (Lipinski definition) is 5. The second-order valence-corrected chi connectivity index (χ2v) is 14.8. The number of carbonyl (C=O) groups is 1. The van der Waals surface area contributed by atoms with Gasteiger partial charge in [0.15, 0.2) is 0 Å². The molecule has 0 unspecified atom stereocenters. The Kier molecular flexibility index (Phi) is 6.91. The molecule has 3 saturated carbocycles. The Morgan fingerprint density at radius 1 is 0.857 bits per heavy atom. The maximum Gasteiger partial charge on any atom is 0.136 e. The quantitative estimate of drug-likeness (QED) is 0.499. The van der Waals surface area contributed by atoms with Gasteiger partial charge >= 0.3 is 0 Å². The number of ether oxygens (including phenoxy) is 1. The van der Waals surface area contributed by atoms with Gasteiger partial charge in [0.1, 0.15) is 5.78 Å². The minimum atomic E-state index is -0.796. The summed E-state index contributed by atoms with van der Waals surface area (Å²) < 4.78 is 6.57. The zero-order chi connectivity index (χ0) is 26.2. The molecule has 4 aliphatic rings. The fourth-order valence-corrected chi connectivity index (χ4v) is 9.31. The largest absolute Gasteiger partial charge is 0.390 e. The third-order valence-electron chi connectivity index (χ3n) is 11.9. The number of ketones is 1. The molecule has 0 bridgehead atoms. The van der Waals surface area contributed by atoms with E-state index >= 15 is 0 Å². The van der Waals surface area contributed by atoms with E-state index in [9.17, 15) is 20.1 Å². The Hall–Kier alpha value is -0.490. The van der Waals surface area contributed by atoms with Crippen LogP contribution in [0.15, 0.2) is 0 Å². The molecule has 5 nitrogen and oxygen atoms in total. The van der Waals surface area contributed by atoms with Crippen molar-refractivity contribution >= 4 is 5.78 Å². The topological polar surface area (TPSA) is 87.0 Å². The highest BCUT2D eigenvalue weighted by Gasteiger charge is 2.59. The van der Waals surface area contributed by atoms with Crippen LogP contribution in [0.4, 0.5) is 0 Å². The summed E-state index contributed by atoms with van der Waals surface area (Å²) in [5.41, 5.74) is -2.43. The molecule has 0 amide bonds. The van der Waals surface area contributed by atoms with Crippen molar-refractivity contribution in [2.24, 2.45) is 40.4 Å². The third-order valence-corrected chi connectivity index (χ3v) is 11.9. The van der Waals surface area contributed by atoms with Gasteiger partial charge in [0.05, 0.1) is 29.0 Å². The number of Topliss-reactive ketones (excluding diaryl/α,β-unsaturated/α-hetero) is 1. The maximum atomic E-state index is 13.4. The number of rotatable bonds is 3. The van der Waals surface area contributed by atoms with Crippen LogP contribution >= 0.6 is 0 Å². The van der Waals surface area contributed by atoms with Crippen LogP contribution in [0.1, 0.15) is 113 Å². The predicted octanol–water partition coefficient (Wildman–Crippen LogP) is 5.28. The summed E-state index contributed by atoms with van der Waals surface area (Å²) in [6, 6.07) is 0. The Morgan fingerprint density at radius 3 is 2.14 bits per heavy atom. The van der Waals surface area contributed by atoms with Crippen molar-refractivity contribution in [3.8, 4) is 0 Å². The van der Waals surface area contributed by atoms with E-state index in [2.05, 4.69) is 27.7 Å². The third kappa shape index (κ3) is 4.55. The van der Waals surface area contributed by atoms with Gasteiger partial charge in [-0.2, -0.15) is 0 Å². The average Bonchev–Trinajstić information content (AvgIpc) is 2.96. The van der Waals surface area contributed by atoms with Crippen molar-refractivity contribution in [1.29, 1.82) is 0 Å². The van der Waals surface area contributed by atoms with E-state index in [4.69, 9.17) is 4.74 Å². The fourth-order valence-electron chi connectivity index (χ4n) is 9.31. The summed E-state index contributed by atoms with van der Waals surface area (Å²) in [7, 11) is 0. The highest BCUT2D eigenvalue weighted by Crippen LogP contribution is 2.60. The van der Waals surface area contributed by atoms with E-state index in [0.717, 1.165) is 38.5 Å². The number of aliphatic hydroxyl groups excluding tert-OH is 1. The number of hydrogen-bond donors (Lipinski definition) is 3. The van der Waals surface area contributed by atoms with Crippen molar-refractivity contribution in [3.05, 3.63) is 0 Å². The lowest BCUT2D eigenvalue weighted by Crippen LogP contribution is -2.56. The van der Waals surface area contributed by atoms with E-state index in [1.165, 1.54) is 0 Å². The first-order valence-electron chi connectivity index (χ1n) is 14.3. The summed E-state index contributed by atoms with van der Waals surface area (Å²) in [5.74, 6) is 0.876. The highest BCUT2D eigenvalue weighted by atomic mass is 16.5. The van der Waals surface area contributed by atoms with Crippen LogP contribution < -0.4 is 0 Å². The summed E-state index contributed by atoms with van der Waals surface area (Å²) >= 11 is 0. The molecule has 35 heavy (non-hydrogen) atoms. The van der Waals surface area contributed by atoms with Crippen molar-refractivity contribution in [2.45, 2.75) is 142 Å². The van der Waals surface area contributed by atoms with E-state index in [1.54, 1.807) is 0 Å². The normalized spacial score (nSPS) is 51.7. The van der Waals surface area contributed by atoms with Crippen molar-refractivity contribution in [3.63, 3.8) is 0 Å². The molecule has 0 aromatic heterocycles. The molecule has 5 heteroatoms. The molecule has 0 aromatic rings. The molecule has 1 heterocycles. The van der Waals surface area contributed by atoms with Gasteiger partial charge in [-0.1, -0.05) is 27.7 Å². The summed E-state index contributed by atoms with van der Waals surface area (Å²) in [6.45, 7) is 16.9. The molecular formula is C30H52O5. The molecule has 0 spiro atoms. The number of aliphatic hydroxyl groups is 3. The summed E-state index contributed by atoms with van der Waals surface area (Å²) in [4.78, 5) is 13.4. The van der Waals surface area contributed by atoms with Crippen molar-refractivity contribution in [2.75, 3.05) is 0 Å². The number of fused-ring (bicyclic) bond motifs is 2. The average molecular weight is 493 g/mol. The standard InChI is InChI=1S/C30H52O5/c1-18-19(26(2,3)20-11-15-29(7,33)21(20)17-22(18)31)9-10-23-28(6)14-12-24(32)27(4,5)35-25(28)13-16-30(23,8)34/h18-21,23-25,32-34H,9-17H2,1-8H3/t18-,19-,20+,21+,23+,24+,25+,28+,29+,30-/m1/s1. The second-order valence-electron chi connectivity index (χ2n) is 14.8. The molecule has 0 aromatic carbocycles. The molecule has 1 aliphatic heterocycles. The minimum absolute atomic E-state index is 0.00961. The van der Waals surface area contributed by atoms with Gasteiger partial charge in [-0.15, -0.1) is 0 Å². The SMILES string of the molecule is C[C@H]1C(=O)C[C@H]2[C@H](CC[C@]2(C)O)C(C)(C)[C@@H]1CC[C@H]1[C@]2(C)CC[C@H](O)C(C)(C)O[C@H]2CC[C@@]1(C)O. The molecule has 4 rings (SSSR count). The fraction of sp³-hybridized carbons (Fsp3) is 0.967. The molecule has 0 radical (unpaired) electrons. The lowest BCUT2D eigenvalue weighted by molar-refractivity contribution is -0.207. The zero-order valence-corrected chi connectivity index (χ0v) is 23.6. The van der Waals surface area contributed by atoms with Crippen molar-refractivity contribution < 1.29 is 24.9 Å². The van der Waals surface area contributed by atoms with Crippen LogP contribution in [0.2, 0.25) is 0 Å². The predicted molar refractivity (Wildman–Crippen MR) is 138 cm³/mol. The van der Waals surface area contributed by atoms with Crippen molar-refractivity contribution in [1.82, 2.24) is 0 Å². The Labute approximate surface area is 213 Å². The second kappa shape index (κ2) is 8.78. The molecule has 3 aliphatic carbocycles. The minimum Gasteiger partial charge on any atom is -0.390 e. The summed E-state index contributed by atoms with van der Waals surface area (Å²) in [6.07, 6.45) is 6.47. The monoisotopic (exact) mass is 492 g/mol. The highest BCUT2D eigenvalue weighted by molar-refractivity contribution is 5.82. The van der Waals surface area contributed by atoms with E-state index in [1.807, 2.05) is 27.7 Å². The molecular weight excluding hydrogens is 440 g/mol. The van der Waals surface area contributed by atoms with E-state index in [-0.39, 0.29) is 40.6 Å². The first-order chi connectivity index (χ1) is 15.9. The Morgan fingerprint density at radius 2 is 1.49 bits per heavy atom. The van der Waals surface area contributed by atoms with Crippen LogP contribution in [-0.2, 0) is 9.53 Å². The summed E-state index contributed by atoms with van der Waals surface area (Å²) in [5, 5.41) is 33.5. The van der Waals surface area contributed by atoms with Gasteiger partial charge in [0.2, 0.25) is 0 Å². The first-order valence-corrected chi connectivity index (χ1v) is 14.3. The molecule has 202 valence electrons. The lowest BCUT2D eigenvalue weighted by Gasteiger charge is -2.54. The van der Waals surface area contributed by atoms with Gasteiger partial charge in [0.25, 0.3) is 0 Å². The van der Waals surface area contributed by atoms with Crippen LogP contribution in [0.5, 0.6) is 0 Å². The van der Waals surface area contributed by atoms with E-state index in [0.29, 0.717) is 31.0 Å². The van der Waals surface area contributed by atoms with Crippen LogP contribution in [0, 0.1) is 40.4 Å². The Balaban J connectivity index is 1.61. The molecule has 1 saturated heterocycles.